The Labute approximate surface area is 231 Å². The van der Waals surface area contributed by atoms with Gasteiger partial charge in [0.2, 0.25) is 0 Å². The molecule has 0 N–H and O–H groups in total. The van der Waals surface area contributed by atoms with Crippen molar-refractivity contribution in [3.05, 3.63) is 0 Å². The molecule has 2 aliphatic rings. The third kappa shape index (κ3) is 9.50. The van der Waals surface area contributed by atoms with Gasteiger partial charge >= 0.3 is 29.8 Å². The number of nitrogens with zero attached hydrogens (tertiary/aromatic N) is 1. The highest BCUT2D eigenvalue weighted by molar-refractivity contribution is 5.80. The van der Waals surface area contributed by atoms with Crippen molar-refractivity contribution in [3.63, 3.8) is 0 Å². The Morgan fingerprint density at radius 1 is 0.750 bits per heavy atom. The van der Waals surface area contributed by atoms with E-state index >= 15 is 0 Å². The molecule has 0 amide bonds. The maximum Gasteiger partial charge on any atom is 0.303 e. The fraction of sp³-hybridized carbons (Fsp3) is 0.760. The Kier molecular flexibility index (Phi) is 12.4. The number of hydrogen-bond donors (Lipinski definition) is 0. The summed E-state index contributed by atoms with van der Waals surface area (Å²) in [6.07, 6.45) is -7.58. The fourth-order valence-electron chi connectivity index (χ4n) is 4.66. The molecule has 15 nitrogen and oxygen atoms in total. The van der Waals surface area contributed by atoms with Crippen LogP contribution in [0.15, 0.2) is 0 Å². The molecule has 2 aliphatic heterocycles. The van der Waals surface area contributed by atoms with E-state index in [1.54, 1.807) is 6.92 Å². The van der Waals surface area contributed by atoms with Crippen molar-refractivity contribution < 1.29 is 66.9 Å². The number of carbonyl (C=O) groups is 6. The third-order valence-corrected chi connectivity index (χ3v) is 6.05. The Hall–Kier alpha value is -3.14. The predicted octanol–water partition coefficient (Wildman–Crippen LogP) is 0.554. The lowest BCUT2D eigenvalue weighted by Crippen LogP contribution is -2.59. The first-order valence-electron chi connectivity index (χ1n) is 12.8. The number of rotatable bonds is 13. The molecular weight excluding hydrogens is 538 g/mol. The molecule has 15 heteroatoms. The summed E-state index contributed by atoms with van der Waals surface area (Å²) in [5, 5.41) is 1.10. The first-order chi connectivity index (χ1) is 18.7. The van der Waals surface area contributed by atoms with Crippen molar-refractivity contribution in [3.8, 4) is 0 Å². The minimum Gasteiger partial charge on any atom is -0.462 e. The summed E-state index contributed by atoms with van der Waals surface area (Å²) in [7, 11) is 0. The highest BCUT2D eigenvalue weighted by Gasteiger charge is 2.55. The maximum atomic E-state index is 12.4. The summed E-state index contributed by atoms with van der Waals surface area (Å²) in [4.78, 5) is 84.0. The van der Waals surface area contributed by atoms with Crippen LogP contribution < -0.4 is 0 Å². The van der Waals surface area contributed by atoms with E-state index in [9.17, 15) is 28.8 Å². The molecule has 0 aromatic carbocycles. The lowest BCUT2D eigenvalue weighted by Gasteiger charge is -2.44. The molecule has 0 saturated carbocycles. The van der Waals surface area contributed by atoms with Crippen LogP contribution in [0.25, 0.3) is 0 Å². The second-order valence-corrected chi connectivity index (χ2v) is 9.36. The van der Waals surface area contributed by atoms with E-state index in [0.29, 0.717) is 0 Å². The van der Waals surface area contributed by atoms with E-state index in [-0.39, 0.29) is 25.2 Å². The number of hydrogen-bond acceptors (Lipinski definition) is 15. The van der Waals surface area contributed by atoms with Crippen molar-refractivity contribution in [2.45, 2.75) is 104 Å². The summed E-state index contributed by atoms with van der Waals surface area (Å²) in [6.45, 7) is 8.22. The normalized spacial score (nSPS) is 25.4. The topological polar surface area (TPSA) is 180 Å². The molecule has 0 aliphatic carbocycles. The maximum absolute atomic E-state index is 12.4. The van der Waals surface area contributed by atoms with Gasteiger partial charge in [-0.1, -0.05) is 5.23 Å². The Morgan fingerprint density at radius 3 is 1.82 bits per heavy atom. The van der Waals surface area contributed by atoms with Gasteiger partial charge in [-0.25, -0.2) is 4.84 Å². The molecular formula is C25H37NO14. The van der Waals surface area contributed by atoms with Crippen LogP contribution in [0.5, 0.6) is 0 Å². The van der Waals surface area contributed by atoms with Crippen LogP contribution in [0.3, 0.4) is 0 Å². The standard InChI is InChI=1S/C25H37NO14/c1-8-33-22-9-18(19-10-20(12(2)27)39-26(19)40-22)23(36-15(5)30)25(38-17(7)32)24(37-16(6)31)21(35-14(4)29)11-34-13(3)28/h18-25H,8-11H2,1-7H3/t18-,19+,20+,21+,22-,23?,24-,25+/m0/s1. The summed E-state index contributed by atoms with van der Waals surface area (Å²) in [6, 6.07) is -0.702. The van der Waals surface area contributed by atoms with Crippen LogP contribution in [0.4, 0.5) is 0 Å². The Bertz CT molecular complexity index is 954. The molecule has 226 valence electrons. The summed E-state index contributed by atoms with van der Waals surface area (Å²) >= 11 is 0. The molecule has 40 heavy (non-hydrogen) atoms. The molecule has 0 aromatic heterocycles. The van der Waals surface area contributed by atoms with Gasteiger partial charge in [-0.3, -0.25) is 33.6 Å². The molecule has 2 saturated heterocycles. The molecule has 8 atom stereocenters. The Balaban J connectivity index is 2.65. The van der Waals surface area contributed by atoms with Gasteiger partial charge in [-0.15, -0.1) is 0 Å². The highest BCUT2D eigenvalue weighted by atomic mass is 17.0. The first kappa shape index (κ1) is 33.1. The van der Waals surface area contributed by atoms with E-state index in [1.807, 2.05) is 0 Å². The predicted molar refractivity (Wildman–Crippen MR) is 129 cm³/mol. The van der Waals surface area contributed by atoms with Gasteiger partial charge < -0.3 is 28.4 Å². The van der Waals surface area contributed by atoms with Crippen molar-refractivity contribution >= 4 is 35.6 Å². The van der Waals surface area contributed by atoms with Gasteiger partial charge in [0.05, 0.1) is 6.04 Å². The molecule has 2 rings (SSSR count). The summed E-state index contributed by atoms with van der Waals surface area (Å²) in [5.41, 5.74) is 0. The molecule has 0 radical (unpaired) electrons. The van der Waals surface area contributed by atoms with Crippen LogP contribution in [0.2, 0.25) is 0 Å². The second kappa shape index (κ2) is 15.0. The van der Waals surface area contributed by atoms with Gasteiger partial charge in [-0.2, -0.15) is 0 Å². The first-order valence-corrected chi connectivity index (χ1v) is 12.8. The van der Waals surface area contributed by atoms with Gasteiger partial charge in [0.25, 0.3) is 0 Å². The minimum absolute atomic E-state index is 0.0771. The zero-order valence-electron chi connectivity index (χ0n) is 23.6. The lowest BCUT2D eigenvalue weighted by atomic mass is 9.82. The fourth-order valence-corrected chi connectivity index (χ4v) is 4.66. The summed E-state index contributed by atoms with van der Waals surface area (Å²) in [5.74, 6) is -5.08. The lowest BCUT2D eigenvalue weighted by molar-refractivity contribution is -0.443. The monoisotopic (exact) mass is 575 g/mol. The number of esters is 5. The van der Waals surface area contributed by atoms with E-state index in [4.69, 9.17) is 38.1 Å². The van der Waals surface area contributed by atoms with Crippen LogP contribution in [0.1, 0.15) is 61.3 Å². The van der Waals surface area contributed by atoms with Gasteiger partial charge in [0, 0.05) is 60.0 Å². The number of fused-ring (bicyclic) bond motifs is 1. The number of hydroxylamine groups is 2. The highest BCUT2D eigenvalue weighted by Crippen LogP contribution is 2.40. The quantitative estimate of drug-likeness (QED) is 0.219. The molecule has 0 spiro atoms. The molecule has 2 fully saturated rings. The van der Waals surface area contributed by atoms with E-state index in [2.05, 4.69) is 0 Å². The third-order valence-electron chi connectivity index (χ3n) is 6.05. The van der Waals surface area contributed by atoms with Crippen molar-refractivity contribution in [1.82, 2.24) is 5.23 Å². The smallest absolute Gasteiger partial charge is 0.303 e. The average Bonchev–Trinajstić information content (AvgIpc) is 3.26. The Morgan fingerprint density at radius 2 is 1.32 bits per heavy atom. The zero-order chi connectivity index (χ0) is 30.1. The number of Topliss-reactive ketones (excluding diaryl/α,β-unsaturated/α-hetero) is 1. The van der Waals surface area contributed by atoms with Gasteiger partial charge in [-0.05, 0) is 13.8 Å². The summed E-state index contributed by atoms with van der Waals surface area (Å²) < 4.78 is 32.7. The second-order valence-electron chi connectivity index (χ2n) is 9.36. The van der Waals surface area contributed by atoms with E-state index in [1.165, 1.54) is 6.92 Å². The largest absolute Gasteiger partial charge is 0.462 e. The average molecular weight is 576 g/mol. The molecule has 0 bridgehead atoms. The molecule has 2 heterocycles. The van der Waals surface area contributed by atoms with E-state index in [0.717, 1.165) is 39.8 Å². The molecule has 0 aromatic rings. The van der Waals surface area contributed by atoms with Crippen molar-refractivity contribution in [2.75, 3.05) is 13.2 Å². The number of carbonyl (C=O) groups excluding carboxylic acids is 6. The van der Waals surface area contributed by atoms with Crippen LogP contribution in [0, 0.1) is 5.92 Å². The van der Waals surface area contributed by atoms with Crippen LogP contribution >= 0.6 is 0 Å². The van der Waals surface area contributed by atoms with Gasteiger partial charge in [0.1, 0.15) is 18.8 Å². The van der Waals surface area contributed by atoms with Crippen molar-refractivity contribution in [1.29, 1.82) is 0 Å². The van der Waals surface area contributed by atoms with Crippen molar-refractivity contribution in [2.24, 2.45) is 5.92 Å². The SMILES string of the molecule is CCO[C@@H]1C[C@H](C(OC(C)=O)[C@@H](OC(C)=O)[C@@H](OC(C)=O)[C@@H](COC(C)=O)OC(C)=O)[C@H]2C[C@H](C(C)=O)ON2O1. The minimum atomic E-state index is -1.60. The zero-order valence-corrected chi connectivity index (χ0v) is 23.6. The van der Waals surface area contributed by atoms with Gasteiger partial charge in [0.15, 0.2) is 30.4 Å². The number of ketones is 1. The van der Waals surface area contributed by atoms with Crippen LogP contribution in [-0.2, 0) is 66.9 Å². The van der Waals surface area contributed by atoms with Crippen LogP contribution in [-0.4, -0.2) is 96.9 Å². The molecule has 1 unspecified atom stereocenters. The van der Waals surface area contributed by atoms with E-state index < -0.39 is 85.2 Å². The number of ether oxygens (including phenoxy) is 6.